The van der Waals surface area contributed by atoms with Crippen LogP contribution < -0.4 is 15.9 Å². The molecule has 2 N–H and O–H groups in total. The summed E-state index contributed by atoms with van der Waals surface area (Å²) in [5, 5.41) is 5.10. The molecule has 31 heavy (non-hydrogen) atoms. The Labute approximate surface area is 184 Å². The Hall–Kier alpha value is -3.44. The van der Waals surface area contributed by atoms with Gasteiger partial charge < -0.3 is 4.74 Å². The first kappa shape index (κ1) is 20.8. The van der Waals surface area contributed by atoms with E-state index in [0.29, 0.717) is 15.9 Å². The smallest absolute Gasteiger partial charge is 0.331 e. The molecule has 158 valence electrons. The molecule has 1 amide bonds. The van der Waals surface area contributed by atoms with E-state index in [-0.39, 0.29) is 21.6 Å². The van der Waals surface area contributed by atoms with Gasteiger partial charge in [-0.1, -0.05) is 18.2 Å². The molecule has 1 aliphatic rings. The lowest BCUT2D eigenvalue weighted by molar-refractivity contribution is -0.135. The Morgan fingerprint density at radius 2 is 2.00 bits per heavy atom. The highest BCUT2D eigenvalue weighted by Crippen LogP contribution is 2.34. The number of nitrogens with zero attached hydrogens (tertiary/aromatic N) is 3. The van der Waals surface area contributed by atoms with Crippen LogP contribution in [-0.4, -0.2) is 34.1 Å². The summed E-state index contributed by atoms with van der Waals surface area (Å²) in [6.45, 7) is 3.81. The van der Waals surface area contributed by atoms with Crippen LogP contribution in [0, 0.1) is 13.8 Å². The van der Waals surface area contributed by atoms with Gasteiger partial charge in [0, 0.05) is 11.0 Å². The molecule has 1 saturated heterocycles. The number of thiophene rings is 1. The number of thioether (sulfide) groups is 1. The summed E-state index contributed by atoms with van der Waals surface area (Å²) in [7, 11) is 1.24. The first-order valence-corrected chi connectivity index (χ1v) is 10.7. The average Bonchev–Trinajstić information content (AvgIpc) is 3.22. The summed E-state index contributed by atoms with van der Waals surface area (Å²) in [5.41, 5.74) is 3.94. The number of hydrazone groups is 1. The maximum absolute atomic E-state index is 12.9. The molecule has 0 unspecified atom stereocenters. The van der Waals surface area contributed by atoms with Gasteiger partial charge in [-0.2, -0.15) is 0 Å². The predicted octanol–water partition coefficient (Wildman–Crippen LogP) is 3.12. The quantitative estimate of drug-likeness (QED) is 0.353. The number of ether oxygens (including phenoxy) is 1. The van der Waals surface area contributed by atoms with E-state index in [4.69, 9.17) is 0 Å². The number of fused-ring (bicyclic) bond motifs is 1. The van der Waals surface area contributed by atoms with Crippen LogP contribution in [-0.2, 0) is 14.3 Å². The maximum atomic E-state index is 12.9. The lowest BCUT2D eigenvalue weighted by atomic mass is 10.2. The molecule has 0 spiro atoms. The van der Waals surface area contributed by atoms with E-state index in [1.165, 1.54) is 23.3 Å². The zero-order chi connectivity index (χ0) is 22.1. The van der Waals surface area contributed by atoms with E-state index in [0.717, 1.165) is 28.3 Å². The fraction of sp³-hybridized carbons (Fsp3) is 0.150. The summed E-state index contributed by atoms with van der Waals surface area (Å²) in [6.07, 6.45) is 1.12. The molecule has 0 bridgehead atoms. The number of methoxy groups -OCH3 is 1. The van der Waals surface area contributed by atoms with Crippen LogP contribution in [0.4, 0.5) is 11.6 Å². The number of carbonyl (C=O) groups excluding carboxylic acids is 2. The van der Waals surface area contributed by atoms with E-state index in [9.17, 15) is 14.4 Å². The van der Waals surface area contributed by atoms with Gasteiger partial charge in [0.15, 0.2) is 5.17 Å². The van der Waals surface area contributed by atoms with Crippen LogP contribution in [0.15, 0.2) is 51.2 Å². The SMILES string of the molecule is COC(=O)/C=C1\S/C(=N\Nc2nc3sc(C)c(C)c3c(=O)[nH]2)N(c2ccccc2)C1=O. The molecule has 1 aromatic carbocycles. The number of carbonyl (C=O) groups is 2. The Morgan fingerprint density at radius 3 is 2.71 bits per heavy atom. The standard InChI is InChI=1S/C20H17N5O4S2/c1-10-11(2)30-17-15(10)16(27)21-19(22-17)23-24-20-25(12-7-5-4-6-8-12)18(28)13(31-20)9-14(26)29-3/h4-9H,1-3H3,(H2,21,22,23,27)/b13-9-,24-20-. The van der Waals surface area contributed by atoms with Gasteiger partial charge in [-0.15, -0.1) is 16.4 Å². The maximum Gasteiger partial charge on any atom is 0.331 e. The molecule has 11 heteroatoms. The first-order chi connectivity index (χ1) is 14.9. The third-order valence-corrected chi connectivity index (χ3v) is 6.64. The number of H-pyrrole nitrogens is 1. The van der Waals surface area contributed by atoms with Gasteiger partial charge in [0.2, 0.25) is 5.95 Å². The summed E-state index contributed by atoms with van der Waals surface area (Å²) in [5.74, 6) is -0.903. The minimum atomic E-state index is -0.641. The van der Waals surface area contributed by atoms with E-state index in [2.05, 4.69) is 25.2 Å². The van der Waals surface area contributed by atoms with E-state index in [1.807, 2.05) is 19.9 Å². The molecule has 1 fully saturated rings. The van der Waals surface area contributed by atoms with Crippen LogP contribution in [0.5, 0.6) is 0 Å². The average molecular weight is 456 g/mol. The van der Waals surface area contributed by atoms with E-state index in [1.54, 1.807) is 24.3 Å². The Kier molecular flexibility index (Phi) is 5.61. The topological polar surface area (TPSA) is 117 Å². The van der Waals surface area contributed by atoms with Gasteiger partial charge in [-0.3, -0.25) is 19.5 Å². The number of esters is 1. The van der Waals surface area contributed by atoms with Gasteiger partial charge in [-0.25, -0.2) is 15.2 Å². The minimum absolute atomic E-state index is 0.151. The number of hydrogen-bond donors (Lipinski definition) is 2. The summed E-state index contributed by atoms with van der Waals surface area (Å²) >= 11 is 2.43. The normalized spacial score (nSPS) is 16.5. The number of aromatic nitrogens is 2. The summed E-state index contributed by atoms with van der Waals surface area (Å²) in [4.78, 5) is 47.2. The Balaban J connectivity index is 1.71. The number of amides is 1. The van der Waals surface area contributed by atoms with Crippen LogP contribution in [0.2, 0.25) is 0 Å². The predicted molar refractivity (Wildman–Crippen MR) is 122 cm³/mol. The van der Waals surface area contributed by atoms with Crippen LogP contribution >= 0.6 is 23.1 Å². The second kappa shape index (κ2) is 8.36. The monoisotopic (exact) mass is 455 g/mol. The first-order valence-electron chi connectivity index (χ1n) is 9.09. The van der Waals surface area contributed by atoms with Crippen molar-refractivity contribution in [2.75, 3.05) is 17.4 Å². The number of aryl methyl sites for hydroxylation is 2. The summed E-state index contributed by atoms with van der Waals surface area (Å²) < 4.78 is 4.63. The van der Waals surface area contributed by atoms with Gasteiger partial charge >= 0.3 is 5.97 Å². The number of nitrogens with one attached hydrogen (secondary N) is 2. The van der Waals surface area contributed by atoms with Crippen LogP contribution in [0.3, 0.4) is 0 Å². The van der Waals surface area contributed by atoms with E-state index >= 15 is 0 Å². The molecule has 3 heterocycles. The molecule has 9 nitrogen and oxygen atoms in total. The van der Waals surface area contributed by atoms with Crippen molar-refractivity contribution >= 4 is 62.0 Å². The fourth-order valence-electron chi connectivity index (χ4n) is 2.93. The van der Waals surface area contributed by atoms with Gasteiger partial charge in [0.1, 0.15) is 4.83 Å². The number of hydrogen-bond acceptors (Lipinski definition) is 9. The van der Waals surface area contributed by atoms with Crippen molar-refractivity contribution in [1.29, 1.82) is 0 Å². The van der Waals surface area contributed by atoms with Gasteiger partial charge in [-0.05, 0) is 43.3 Å². The molecule has 0 radical (unpaired) electrons. The largest absolute Gasteiger partial charge is 0.466 e. The number of rotatable bonds is 4. The molecule has 0 aliphatic carbocycles. The number of amidine groups is 1. The lowest BCUT2D eigenvalue weighted by Crippen LogP contribution is -2.29. The molecule has 3 aromatic rings. The van der Waals surface area contributed by atoms with Crippen molar-refractivity contribution in [3.8, 4) is 0 Å². The third-order valence-electron chi connectivity index (χ3n) is 4.57. The second-order valence-electron chi connectivity index (χ2n) is 6.49. The third kappa shape index (κ3) is 3.97. The van der Waals surface area contributed by atoms with Gasteiger partial charge in [0.05, 0.1) is 23.1 Å². The zero-order valence-electron chi connectivity index (χ0n) is 16.8. The summed E-state index contributed by atoms with van der Waals surface area (Å²) in [6, 6.07) is 8.90. The van der Waals surface area contributed by atoms with Gasteiger partial charge in [0.25, 0.3) is 11.5 Å². The number of anilines is 2. The highest BCUT2D eigenvalue weighted by atomic mass is 32.2. The highest BCUT2D eigenvalue weighted by Gasteiger charge is 2.35. The Morgan fingerprint density at radius 1 is 1.26 bits per heavy atom. The number of benzene rings is 1. The number of aromatic amines is 1. The molecule has 4 rings (SSSR count). The fourth-order valence-corrected chi connectivity index (χ4v) is 4.86. The zero-order valence-corrected chi connectivity index (χ0v) is 18.4. The van der Waals surface area contributed by atoms with Crippen molar-refractivity contribution in [1.82, 2.24) is 9.97 Å². The molecular formula is C20H17N5O4S2. The van der Waals surface area contributed by atoms with Crippen LogP contribution in [0.25, 0.3) is 10.2 Å². The van der Waals surface area contributed by atoms with Crippen LogP contribution in [0.1, 0.15) is 10.4 Å². The molecule has 2 aromatic heterocycles. The highest BCUT2D eigenvalue weighted by molar-refractivity contribution is 8.19. The van der Waals surface area contributed by atoms with Crippen molar-refractivity contribution in [3.05, 3.63) is 62.1 Å². The Bertz CT molecular complexity index is 1310. The van der Waals surface area contributed by atoms with Crippen molar-refractivity contribution in [3.63, 3.8) is 0 Å². The lowest BCUT2D eigenvalue weighted by Gasteiger charge is -2.15. The minimum Gasteiger partial charge on any atom is -0.466 e. The van der Waals surface area contributed by atoms with Crippen molar-refractivity contribution < 1.29 is 14.3 Å². The molecule has 0 atom stereocenters. The van der Waals surface area contributed by atoms with E-state index < -0.39 is 11.9 Å². The molecular weight excluding hydrogens is 438 g/mol. The van der Waals surface area contributed by atoms with Crippen molar-refractivity contribution in [2.24, 2.45) is 5.10 Å². The number of para-hydroxylation sites is 1. The molecule has 1 aliphatic heterocycles. The van der Waals surface area contributed by atoms with Crippen molar-refractivity contribution in [2.45, 2.75) is 13.8 Å². The molecule has 0 saturated carbocycles. The second-order valence-corrected chi connectivity index (χ2v) is 8.71.